The van der Waals surface area contributed by atoms with Crippen LogP contribution in [0.2, 0.25) is 0 Å². The Morgan fingerprint density at radius 2 is 1.27 bits per heavy atom. The average molecular weight is 688 g/mol. The molecule has 13 heteroatoms. The van der Waals surface area contributed by atoms with Gasteiger partial charge in [0.15, 0.2) is 0 Å². The van der Waals surface area contributed by atoms with Crippen LogP contribution >= 0.6 is 0 Å². The number of halogens is 2. The zero-order valence-corrected chi connectivity index (χ0v) is 27.8. The zero-order valence-electron chi connectivity index (χ0n) is 27.8. The van der Waals surface area contributed by atoms with Crippen molar-refractivity contribution in [2.75, 3.05) is 11.1 Å². The molecule has 7 rings (SSSR count). The normalized spacial score (nSPS) is 11.1. The molecule has 2 aromatic carbocycles. The maximum absolute atomic E-state index is 13.9. The lowest BCUT2D eigenvalue weighted by atomic mass is 9.95. The third-order valence-corrected chi connectivity index (χ3v) is 8.15. The molecule has 0 aliphatic carbocycles. The SMILES string of the molecule is CC(Nc1ncnc(N)c1C#N)c1nc2ccc(F)cc2c(C#N)c1-c1ccccn1.CCc1nc2ccc(F)cc2c(C#N)c1-c1ccccn1. The van der Waals surface area contributed by atoms with Crippen LogP contribution in [0, 0.1) is 45.6 Å². The minimum Gasteiger partial charge on any atom is -0.382 e. The highest BCUT2D eigenvalue weighted by Crippen LogP contribution is 2.36. The van der Waals surface area contributed by atoms with Gasteiger partial charge >= 0.3 is 0 Å². The summed E-state index contributed by atoms with van der Waals surface area (Å²) in [6, 6.07) is 25.1. The minimum atomic E-state index is -0.500. The van der Waals surface area contributed by atoms with Gasteiger partial charge in [-0.1, -0.05) is 19.1 Å². The molecule has 0 amide bonds. The van der Waals surface area contributed by atoms with E-state index in [0.29, 0.717) is 62.0 Å². The van der Waals surface area contributed by atoms with Gasteiger partial charge in [0.25, 0.3) is 0 Å². The number of aromatic nitrogens is 6. The van der Waals surface area contributed by atoms with Gasteiger partial charge in [-0.05, 0) is 74.0 Å². The van der Waals surface area contributed by atoms with Crippen molar-refractivity contribution in [1.29, 1.82) is 15.8 Å². The van der Waals surface area contributed by atoms with Crippen molar-refractivity contribution in [3.8, 4) is 40.7 Å². The summed E-state index contributed by atoms with van der Waals surface area (Å²) < 4.78 is 27.4. The number of hydrogen-bond acceptors (Lipinski definition) is 11. The zero-order chi connectivity index (χ0) is 36.8. The largest absolute Gasteiger partial charge is 0.382 e. The van der Waals surface area contributed by atoms with Gasteiger partial charge in [0.1, 0.15) is 53.4 Å². The number of hydrogen-bond donors (Lipinski definition) is 2. The van der Waals surface area contributed by atoms with Gasteiger partial charge in [0.2, 0.25) is 0 Å². The van der Waals surface area contributed by atoms with Crippen molar-refractivity contribution in [2.45, 2.75) is 26.3 Å². The van der Waals surface area contributed by atoms with Crippen molar-refractivity contribution in [3.05, 3.63) is 131 Å². The van der Waals surface area contributed by atoms with Crippen LogP contribution in [0.4, 0.5) is 20.4 Å². The van der Waals surface area contributed by atoms with Gasteiger partial charge < -0.3 is 11.1 Å². The fourth-order valence-electron chi connectivity index (χ4n) is 5.79. The summed E-state index contributed by atoms with van der Waals surface area (Å²) in [6.45, 7) is 3.79. The van der Waals surface area contributed by atoms with Crippen molar-refractivity contribution in [3.63, 3.8) is 0 Å². The smallest absolute Gasteiger partial charge is 0.150 e. The molecular formula is C39H27F2N11. The van der Waals surface area contributed by atoms with Crippen LogP contribution in [-0.2, 0) is 6.42 Å². The Kier molecular flexibility index (Phi) is 9.93. The Morgan fingerprint density at radius 3 is 1.81 bits per heavy atom. The third kappa shape index (κ3) is 6.73. The molecule has 0 aliphatic rings. The summed E-state index contributed by atoms with van der Waals surface area (Å²) in [5, 5.41) is 33.0. The standard InChI is InChI=1S/C22H15FN8.C17H12FN3/c1-12(30-22-16(10-25)21(26)28-11-29-22)20-19(18-4-2-3-7-27-18)15(9-24)14-8-13(23)5-6-17(14)31-20;1-2-14-17(16-5-3-4-8-20-16)13(10-19)12-9-11(18)6-7-15(12)21-14/h2-8,11-12H,1H3,(H3,26,28,29,30);3-9H,2H2,1H3. The number of rotatable bonds is 6. The van der Waals surface area contributed by atoms with E-state index in [1.54, 1.807) is 36.7 Å². The van der Waals surface area contributed by atoms with E-state index in [9.17, 15) is 24.6 Å². The van der Waals surface area contributed by atoms with Crippen LogP contribution in [0.3, 0.4) is 0 Å². The molecule has 0 bridgehead atoms. The molecule has 5 aromatic heterocycles. The number of nitrogens with two attached hydrogens (primary N) is 1. The van der Waals surface area contributed by atoms with Gasteiger partial charge in [-0.15, -0.1) is 0 Å². The average Bonchev–Trinajstić information content (AvgIpc) is 3.17. The monoisotopic (exact) mass is 687 g/mol. The van der Waals surface area contributed by atoms with Gasteiger partial charge in [-0.2, -0.15) is 15.8 Å². The molecule has 52 heavy (non-hydrogen) atoms. The molecule has 0 saturated carbocycles. The topological polar surface area (TPSA) is 187 Å². The first kappa shape index (κ1) is 34.4. The van der Waals surface area contributed by atoms with E-state index in [1.165, 1.54) is 36.7 Å². The van der Waals surface area contributed by atoms with Crippen molar-refractivity contribution in [2.24, 2.45) is 0 Å². The van der Waals surface area contributed by atoms with E-state index >= 15 is 0 Å². The second-order valence-corrected chi connectivity index (χ2v) is 11.3. The van der Waals surface area contributed by atoms with E-state index in [1.807, 2.05) is 38.1 Å². The highest BCUT2D eigenvalue weighted by molar-refractivity contribution is 5.93. The Balaban J connectivity index is 0.000000192. The quantitative estimate of drug-likeness (QED) is 0.175. The second kappa shape index (κ2) is 15.0. The summed E-state index contributed by atoms with van der Waals surface area (Å²) in [5.74, 6) is -0.547. The van der Waals surface area contributed by atoms with Crippen LogP contribution in [-0.4, -0.2) is 29.9 Å². The maximum Gasteiger partial charge on any atom is 0.150 e. The Hall–Kier alpha value is -7.43. The van der Waals surface area contributed by atoms with Crippen molar-refractivity contribution >= 4 is 33.4 Å². The molecule has 0 radical (unpaired) electrons. The highest BCUT2D eigenvalue weighted by atomic mass is 19.1. The summed E-state index contributed by atoms with van der Waals surface area (Å²) in [6.07, 6.45) is 5.20. The summed E-state index contributed by atoms with van der Waals surface area (Å²) in [5.41, 5.74) is 11.3. The number of fused-ring (bicyclic) bond motifs is 2. The lowest BCUT2D eigenvalue weighted by Gasteiger charge is -2.20. The van der Waals surface area contributed by atoms with E-state index in [2.05, 4.69) is 42.4 Å². The van der Waals surface area contributed by atoms with E-state index in [0.717, 1.165) is 5.69 Å². The first-order valence-electron chi connectivity index (χ1n) is 15.9. The lowest BCUT2D eigenvalue weighted by Crippen LogP contribution is -2.14. The van der Waals surface area contributed by atoms with E-state index < -0.39 is 11.9 Å². The molecular weight excluding hydrogens is 661 g/mol. The summed E-state index contributed by atoms with van der Waals surface area (Å²) in [4.78, 5) is 25.9. The van der Waals surface area contributed by atoms with Crippen LogP contribution in [0.5, 0.6) is 0 Å². The first-order chi connectivity index (χ1) is 25.3. The van der Waals surface area contributed by atoms with Crippen molar-refractivity contribution in [1.82, 2.24) is 29.9 Å². The molecule has 5 heterocycles. The number of benzene rings is 2. The second-order valence-electron chi connectivity index (χ2n) is 11.3. The predicted octanol–water partition coefficient (Wildman–Crippen LogP) is 7.59. The van der Waals surface area contributed by atoms with Gasteiger partial charge in [-0.3, -0.25) is 15.0 Å². The Morgan fingerprint density at radius 1 is 0.712 bits per heavy atom. The minimum absolute atomic E-state index is 0.0526. The van der Waals surface area contributed by atoms with Crippen LogP contribution in [0.25, 0.3) is 44.3 Å². The molecule has 0 fully saturated rings. The van der Waals surface area contributed by atoms with Gasteiger partial charge in [0.05, 0.1) is 51.0 Å². The van der Waals surface area contributed by atoms with E-state index in [-0.39, 0.29) is 28.6 Å². The lowest BCUT2D eigenvalue weighted by molar-refractivity contribution is 0.629. The number of nitrogens with zero attached hydrogens (tertiary/aromatic N) is 9. The third-order valence-electron chi connectivity index (χ3n) is 8.15. The Bertz CT molecular complexity index is 2580. The van der Waals surface area contributed by atoms with Gasteiger partial charge in [-0.25, -0.2) is 23.7 Å². The summed E-state index contributed by atoms with van der Waals surface area (Å²) in [7, 11) is 0. The molecule has 0 aliphatic heterocycles. The van der Waals surface area contributed by atoms with Gasteiger partial charge in [0, 0.05) is 34.3 Å². The van der Waals surface area contributed by atoms with Crippen LogP contribution in [0.1, 0.15) is 48.0 Å². The number of pyridine rings is 4. The van der Waals surface area contributed by atoms with Crippen molar-refractivity contribution < 1.29 is 8.78 Å². The maximum atomic E-state index is 13.9. The molecule has 0 saturated heterocycles. The predicted molar refractivity (Wildman–Crippen MR) is 192 cm³/mol. The number of nitrogen functional groups attached to an aromatic ring is 1. The van der Waals surface area contributed by atoms with E-state index in [4.69, 9.17) is 10.7 Å². The Labute approximate surface area is 296 Å². The molecule has 1 atom stereocenters. The molecule has 252 valence electrons. The van der Waals surface area contributed by atoms with Crippen LogP contribution in [0.15, 0.2) is 91.5 Å². The number of nitriles is 3. The molecule has 0 spiro atoms. The first-order valence-corrected chi connectivity index (χ1v) is 15.9. The summed E-state index contributed by atoms with van der Waals surface area (Å²) >= 11 is 0. The number of aryl methyl sites for hydroxylation is 1. The fourth-order valence-corrected chi connectivity index (χ4v) is 5.79. The number of anilines is 2. The molecule has 1 unspecified atom stereocenters. The van der Waals surface area contributed by atoms with Crippen LogP contribution < -0.4 is 11.1 Å². The molecule has 11 nitrogen and oxygen atoms in total. The molecule has 7 aromatic rings. The molecule has 3 N–H and O–H groups in total. The highest BCUT2D eigenvalue weighted by Gasteiger charge is 2.23. The fraction of sp³-hybridized carbons (Fsp3) is 0.103. The number of nitrogens with one attached hydrogen (secondary N) is 1.